The van der Waals surface area contributed by atoms with E-state index in [0.717, 1.165) is 24.5 Å². The molecule has 7 nitrogen and oxygen atoms in total. The van der Waals surface area contributed by atoms with Crippen LogP contribution >= 0.6 is 0 Å². The van der Waals surface area contributed by atoms with Gasteiger partial charge in [-0.1, -0.05) is 18.2 Å². The second kappa shape index (κ2) is 9.91. The monoisotopic (exact) mass is 438 g/mol. The Bertz CT molecular complexity index is 1040. The van der Waals surface area contributed by atoms with Crippen LogP contribution in [-0.2, 0) is 22.5 Å². The van der Waals surface area contributed by atoms with Crippen molar-refractivity contribution in [3.8, 4) is 11.3 Å². The molecule has 1 fully saturated rings. The molecule has 0 aliphatic carbocycles. The van der Waals surface area contributed by atoms with Crippen LogP contribution in [0, 0.1) is 5.82 Å². The van der Waals surface area contributed by atoms with Crippen molar-refractivity contribution in [1.82, 2.24) is 15.3 Å². The lowest BCUT2D eigenvalue weighted by molar-refractivity contribution is -0.121. The number of aryl methyl sites for hydroxylation is 1. The minimum atomic E-state index is -0.370. The third-order valence-electron chi connectivity index (χ3n) is 5.30. The maximum Gasteiger partial charge on any atom is 0.220 e. The molecule has 2 atom stereocenters. The average Bonchev–Trinajstić information content (AvgIpc) is 3.25. The first-order valence-corrected chi connectivity index (χ1v) is 10.8. The minimum Gasteiger partial charge on any atom is -0.441 e. The summed E-state index contributed by atoms with van der Waals surface area (Å²) in [6.07, 6.45) is 4.18. The van der Waals surface area contributed by atoms with Gasteiger partial charge in [-0.2, -0.15) is 0 Å². The molecule has 8 heteroatoms. The number of nitrogens with zero attached hydrogens (tertiary/aromatic N) is 3. The third-order valence-corrected chi connectivity index (χ3v) is 5.30. The van der Waals surface area contributed by atoms with Gasteiger partial charge in [0.05, 0.1) is 24.0 Å². The first kappa shape index (κ1) is 22.0. The largest absolute Gasteiger partial charge is 0.441 e. The molecule has 2 unspecified atom stereocenters. The number of hydrogen-bond acceptors (Lipinski definition) is 6. The molecule has 168 valence electrons. The minimum absolute atomic E-state index is 0.115. The highest BCUT2D eigenvalue weighted by Crippen LogP contribution is 2.23. The number of ether oxygens (including phenoxy) is 1. The summed E-state index contributed by atoms with van der Waals surface area (Å²) in [6.45, 7) is 6.14. The first-order chi connectivity index (χ1) is 15.5. The van der Waals surface area contributed by atoms with E-state index in [2.05, 4.69) is 34.0 Å². The Hall–Kier alpha value is -3.26. The van der Waals surface area contributed by atoms with Crippen LogP contribution in [0.25, 0.3) is 11.3 Å². The van der Waals surface area contributed by atoms with Crippen molar-refractivity contribution >= 4 is 11.7 Å². The van der Waals surface area contributed by atoms with Crippen molar-refractivity contribution in [2.45, 2.75) is 45.4 Å². The van der Waals surface area contributed by atoms with Gasteiger partial charge in [-0.05, 0) is 37.6 Å². The van der Waals surface area contributed by atoms with Gasteiger partial charge in [-0.15, -0.1) is 0 Å². The maximum atomic E-state index is 13.9. The zero-order valence-electron chi connectivity index (χ0n) is 18.3. The van der Waals surface area contributed by atoms with Crippen molar-refractivity contribution in [3.63, 3.8) is 0 Å². The summed E-state index contributed by atoms with van der Waals surface area (Å²) < 4.78 is 25.2. The molecular weight excluding hydrogens is 411 g/mol. The average molecular weight is 439 g/mol. The van der Waals surface area contributed by atoms with Crippen LogP contribution in [0.3, 0.4) is 0 Å². The molecule has 1 saturated heterocycles. The number of benzene rings is 1. The van der Waals surface area contributed by atoms with Gasteiger partial charge in [0.25, 0.3) is 0 Å². The van der Waals surface area contributed by atoms with E-state index in [0.29, 0.717) is 30.2 Å². The number of amides is 1. The number of carbonyl (C=O) groups excluding carboxylic acids is 1. The van der Waals surface area contributed by atoms with E-state index in [-0.39, 0.29) is 30.4 Å². The van der Waals surface area contributed by atoms with E-state index in [9.17, 15) is 9.18 Å². The summed E-state index contributed by atoms with van der Waals surface area (Å²) in [5.41, 5.74) is 1.28. The highest BCUT2D eigenvalue weighted by Gasteiger charge is 2.23. The van der Waals surface area contributed by atoms with E-state index in [1.54, 1.807) is 24.4 Å². The molecule has 0 spiro atoms. The molecule has 1 amide bonds. The standard InChI is InChI=1S/C24H27FN4O3/c1-16-14-29(15-17(2)31-16)22-8-7-18(11-26-22)12-27-23(30)9-10-24-28-13-21(32-24)19-5-3-4-6-20(19)25/h3-8,11,13,16-17H,9-10,12,14-15H2,1-2H3,(H,27,30). The summed E-state index contributed by atoms with van der Waals surface area (Å²) in [5.74, 6) is 1.18. The molecule has 3 heterocycles. The van der Waals surface area contributed by atoms with Crippen molar-refractivity contribution in [2.75, 3.05) is 18.0 Å². The van der Waals surface area contributed by atoms with Gasteiger partial charge in [0, 0.05) is 38.7 Å². The maximum absolute atomic E-state index is 13.9. The van der Waals surface area contributed by atoms with Crippen LogP contribution < -0.4 is 10.2 Å². The summed E-state index contributed by atoms with van der Waals surface area (Å²) in [6, 6.07) is 10.3. The van der Waals surface area contributed by atoms with Gasteiger partial charge in [0.1, 0.15) is 11.6 Å². The highest BCUT2D eigenvalue weighted by molar-refractivity contribution is 5.76. The molecule has 0 radical (unpaired) electrons. The molecule has 1 aromatic carbocycles. The Kier molecular flexibility index (Phi) is 6.80. The fourth-order valence-corrected chi connectivity index (χ4v) is 3.79. The Morgan fingerprint density at radius 2 is 1.91 bits per heavy atom. The molecule has 0 bridgehead atoms. The predicted molar refractivity (Wildman–Crippen MR) is 119 cm³/mol. The second-order valence-corrected chi connectivity index (χ2v) is 8.06. The number of hydrogen-bond donors (Lipinski definition) is 1. The van der Waals surface area contributed by atoms with Crippen LogP contribution in [-0.4, -0.2) is 41.2 Å². The highest BCUT2D eigenvalue weighted by atomic mass is 19.1. The smallest absolute Gasteiger partial charge is 0.220 e. The Morgan fingerprint density at radius 1 is 1.12 bits per heavy atom. The Morgan fingerprint density at radius 3 is 2.62 bits per heavy atom. The van der Waals surface area contributed by atoms with Crippen LogP contribution in [0.1, 0.15) is 31.7 Å². The molecule has 1 aliphatic heterocycles. The number of oxazole rings is 1. The number of carbonyl (C=O) groups is 1. The summed E-state index contributed by atoms with van der Waals surface area (Å²) >= 11 is 0. The molecule has 1 aliphatic rings. The molecule has 3 aromatic rings. The number of halogens is 1. The van der Waals surface area contributed by atoms with Crippen molar-refractivity contribution < 1.29 is 18.3 Å². The lowest BCUT2D eigenvalue weighted by Gasteiger charge is -2.36. The lowest BCUT2D eigenvalue weighted by Crippen LogP contribution is -2.45. The number of rotatable bonds is 7. The fraction of sp³-hybridized carbons (Fsp3) is 0.375. The van der Waals surface area contributed by atoms with Gasteiger partial charge in [0.2, 0.25) is 5.91 Å². The van der Waals surface area contributed by atoms with Gasteiger partial charge >= 0.3 is 0 Å². The third kappa shape index (κ3) is 5.50. The number of nitrogens with one attached hydrogen (secondary N) is 1. The topological polar surface area (TPSA) is 80.5 Å². The van der Waals surface area contributed by atoms with Crippen LogP contribution in [0.2, 0.25) is 0 Å². The number of morpholine rings is 1. The molecule has 1 N–H and O–H groups in total. The summed E-state index contributed by atoms with van der Waals surface area (Å²) in [7, 11) is 0. The number of aromatic nitrogens is 2. The molecule has 32 heavy (non-hydrogen) atoms. The number of anilines is 1. The summed E-state index contributed by atoms with van der Waals surface area (Å²) in [5, 5.41) is 2.89. The van der Waals surface area contributed by atoms with Gasteiger partial charge < -0.3 is 19.4 Å². The summed E-state index contributed by atoms with van der Waals surface area (Å²) in [4.78, 5) is 23.1. The quantitative estimate of drug-likeness (QED) is 0.605. The first-order valence-electron chi connectivity index (χ1n) is 10.8. The molecule has 4 rings (SSSR count). The van der Waals surface area contributed by atoms with Crippen LogP contribution in [0.5, 0.6) is 0 Å². The zero-order chi connectivity index (χ0) is 22.5. The molecular formula is C24H27FN4O3. The molecule has 0 saturated carbocycles. The van der Waals surface area contributed by atoms with Crippen LogP contribution in [0.4, 0.5) is 10.2 Å². The van der Waals surface area contributed by atoms with Crippen molar-refractivity contribution in [2.24, 2.45) is 0 Å². The van der Waals surface area contributed by atoms with E-state index in [1.165, 1.54) is 12.3 Å². The predicted octanol–water partition coefficient (Wildman–Crippen LogP) is 3.74. The van der Waals surface area contributed by atoms with E-state index in [1.807, 2.05) is 12.1 Å². The van der Waals surface area contributed by atoms with E-state index >= 15 is 0 Å². The SMILES string of the molecule is CC1CN(c2ccc(CNC(=O)CCc3ncc(-c4ccccc4F)o3)cn2)CC(C)O1. The van der Waals surface area contributed by atoms with E-state index < -0.39 is 0 Å². The van der Waals surface area contributed by atoms with Crippen molar-refractivity contribution in [3.05, 3.63) is 66.1 Å². The van der Waals surface area contributed by atoms with Gasteiger partial charge in [0.15, 0.2) is 11.7 Å². The van der Waals surface area contributed by atoms with E-state index in [4.69, 9.17) is 9.15 Å². The normalized spacial score (nSPS) is 18.5. The number of pyridine rings is 1. The Balaban J connectivity index is 1.24. The molecule has 2 aromatic heterocycles. The zero-order valence-corrected chi connectivity index (χ0v) is 18.3. The van der Waals surface area contributed by atoms with Crippen molar-refractivity contribution in [1.29, 1.82) is 0 Å². The Labute approximate surface area is 186 Å². The lowest BCUT2D eigenvalue weighted by atomic mass is 10.2. The van der Waals surface area contributed by atoms with Gasteiger partial charge in [-0.3, -0.25) is 4.79 Å². The van der Waals surface area contributed by atoms with Gasteiger partial charge in [-0.25, -0.2) is 14.4 Å². The fourth-order valence-electron chi connectivity index (χ4n) is 3.79. The second-order valence-electron chi connectivity index (χ2n) is 8.06. The van der Waals surface area contributed by atoms with Crippen LogP contribution in [0.15, 0.2) is 53.2 Å².